The number of alkyl carbamates (subject to hydrolysis) is 1. The largest absolute Gasteiger partial charge is 0.494 e. The van der Waals surface area contributed by atoms with Crippen LogP contribution in [-0.2, 0) is 18.8 Å². The van der Waals surface area contributed by atoms with E-state index in [-0.39, 0.29) is 23.4 Å². The number of nitrogens with one attached hydrogen (secondary N) is 2. The minimum Gasteiger partial charge on any atom is -0.453 e. The van der Waals surface area contributed by atoms with Gasteiger partial charge in [0.25, 0.3) is 0 Å². The zero-order chi connectivity index (χ0) is 27.9. The van der Waals surface area contributed by atoms with Crippen molar-refractivity contribution in [2.45, 2.75) is 102 Å². The van der Waals surface area contributed by atoms with E-state index in [2.05, 4.69) is 49.0 Å². The molecule has 1 unspecified atom stereocenters. The van der Waals surface area contributed by atoms with Gasteiger partial charge in [-0.05, 0) is 88.7 Å². The van der Waals surface area contributed by atoms with Crippen LogP contribution in [0.5, 0.6) is 0 Å². The Labute approximate surface area is 230 Å². The molecule has 9 nitrogen and oxygen atoms in total. The third-order valence-corrected chi connectivity index (χ3v) is 10.2. The van der Waals surface area contributed by atoms with Crippen molar-refractivity contribution in [1.29, 1.82) is 0 Å². The highest BCUT2D eigenvalue weighted by Gasteiger charge is 2.70. The van der Waals surface area contributed by atoms with Crippen molar-refractivity contribution in [2.75, 3.05) is 7.11 Å². The van der Waals surface area contributed by atoms with Crippen molar-refractivity contribution in [3.8, 4) is 0 Å². The van der Waals surface area contributed by atoms with Gasteiger partial charge in [0.2, 0.25) is 5.91 Å². The lowest BCUT2D eigenvalue weighted by Gasteiger charge is -2.37. The van der Waals surface area contributed by atoms with Gasteiger partial charge in [-0.3, -0.25) is 4.79 Å². The highest BCUT2D eigenvalue weighted by molar-refractivity contribution is 6.62. The number of aromatic nitrogens is 2. The summed E-state index contributed by atoms with van der Waals surface area (Å²) < 4.78 is 17.4. The molecule has 2 saturated carbocycles. The third kappa shape index (κ3) is 4.08. The van der Waals surface area contributed by atoms with E-state index in [9.17, 15) is 9.59 Å². The Morgan fingerprint density at radius 3 is 2.51 bits per heavy atom. The molecule has 2 aromatic rings. The average molecular weight is 536 g/mol. The van der Waals surface area contributed by atoms with Crippen molar-refractivity contribution in [3.63, 3.8) is 0 Å². The van der Waals surface area contributed by atoms with Crippen molar-refractivity contribution < 1.29 is 23.6 Å². The molecular weight excluding hydrogens is 495 g/mol. The topological polar surface area (TPSA) is 106 Å². The molecule has 6 rings (SSSR count). The highest BCUT2D eigenvalue weighted by Crippen LogP contribution is 2.68. The molecule has 4 aliphatic rings. The van der Waals surface area contributed by atoms with Crippen LogP contribution in [0.3, 0.4) is 0 Å². The summed E-state index contributed by atoms with van der Waals surface area (Å²) in [5.74, 6) is 1.66. The van der Waals surface area contributed by atoms with E-state index in [0.717, 1.165) is 48.0 Å². The number of hydrogen-bond acceptors (Lipinski definition) is 6. The number of hydrogen-bond donors (Lipinski definition) is 2. The lowest BCUT2D eigenvalue weighted by Crippen LogP contribution is -2.55. The number of imidazole rings is 1. The Balaban J connectivity index is 1.34. The predicted octanol–water partition coefficient (Wildman–Crippen LogP) is 4.07. The van der Waals surface area contributed by atoms with Gasteiger partial charge >= 0.3 is 13.2 Å². The van der Waals surface area contributed by atoms with Crippen LogP contribution in [0.4, 0.5) is 4.79 Å². The predicted molar refractivity (Wildman–Crippen MR) is 148 cm³/mol. The van der Waals surface area contributed by atoms with E-state index in [4.69, 9.17) is 19.0 Å². The van der Waals surface area contributed by atoms with Gasteiger partial charge in [-0.1, -0.05) is 26.3 Å². The fourth-order valence-electron chi connectivity index (χ4n) is 7.30. The molecule has 210 valence electrons. The van der Waals surface area contributed by atoms with Crippen molar-refractivity contribution in [3.05, 3.63) is 24.0 Å². The SMILES string of the molecule is COC(=O)N[C@H](C(=O)N1[C@H](c2nc3ccc(B4OC(C)(C)C(C)(C)O4)cc3[nH]2)C[C@@H]2CCC[C@@H]3CC321)C(C)C. The average Bonchev–Trinajstić information content (AvgIpc) is 3.20. The Morgan fingerprint density at radius 2 is 1.85 bits per heavy atom. The van der Waals surface area contributed by atoms with Gasteiger partial charge in [0, 0.05) is 5.54 Å². The maximum Gasteiger partial charge on any atom is 0.494 e. The summed E-state index contributed by atoms with van der Waals surface area (Å²) in [6, 6.07) is 5.24. The molecule has 2 saturated heterocycles. The summed E-state index contributed by atoms with van der Waals surface area (Å²) in [6.45, 7) is 12.1. The second-order valence-corrected chi connectivity index (χ2v) is 13.3. The molecule has 1 aromatic heterocycles. The smallest absolute Gasteiger partial charge is 0.453 e. The molecule has 1 aromatic carbocycles. The number of aromatic amines is 1. The van der Waals surface area contributed by atoms with Crippen LogP contribution in [0.1, 0.15) is 85.5 Å². The number of ether oxygens (including phenoxy) is 1. The van der Waals surface area contributed by atoms with Crippen LogP contribution in [0.2, 0.25) is 0 Å². The van der Waals surface area contributed by atoms with E-state index in [1.165, 1.54) is 13.5 Å². The van der Waals surface area contributed by atoms with Gasteiger partial charge in [-0.2, -0.15) is 0 Å². The number of carbonyl (C=O) groups excluding carboxylic acids is 2. The number of rotatable bonds is 5. The minimum absolute atomic E-state index is 0.0364. The van der Waals surface area contributed by atoms with E-state index in [1.54, 1.807) is 0 Å². The molecular formula is C29H41BN4O5. The first-order valence-electron chi connectivity index (χ1n) is 14.4. The summed E-state index contributed by atoms with van der Waals surface area (Å²) in [7, 11) is 0.871. The number of amides is 2. The van der Waals surface area contributed by atoms with E-state index >= 15 is 0 Å². The van der Waals surface area contributed by atoms with Crippen molar-refractivity contribution >= 4 is 35.6 Å². The first kappa shape index (κ1) is 26.6. The van der Waals surface area contributed by atoms with E-state index in [0.29, 0.717) is 11.8 Å². The summed E-state index contributed by atoms with van der Waals surface area (Å²) >= 11 is 0. The quantitative estimate of drug-likeness (QED) is 0.559. The van der Waals surface area contributed by atoms with Gasteiger partial charge in [0.15, 0.2) is 0 Å². The van der Waals surface area contributed by atoms with Gasteiger partial charge in [0.05, 0.1) is 35.4 Å². The van der Waals surface area contributed by atoms with Crippen molar-refractivity contribution in [1.82, 2.24) is 20.2 Å². The number of carbonyl (C=O) groups is 2. The number of fused-ring (bicyclic) bond motifs is 1. The van der Waals surface area contributed by atoms with Gasteiger partial charge in [0.1, 0.15) is 11.9 Å². The lowest BCUT2D eigenvalue weighted by atomic mass is 9.79. The molecule has 2 aliphatic carbocycles. The second kappa shape index (κ2) is 8.96. The summed E-state index contributed by atoms with van der Waals surface area (Å²) in [5.41, 5.74) is 1.73. The second-order valence-electron chi connectivity index (χ2n) is 13.3. The molecule has 0 radical (unpaired) electrons. The molecule has 3 heterocycles. The van der Waals surface area contributed by atoms with Gasteiger partial charge in [-0.15, -0.1) is 0 Å². The maximum atomic E-state index is 14.3. The molecule has 2 aliphatic heterocycles. The Morgan fingerprint density at radius 1 is 1.15 bits per heavy atom. The first-order valence-corrected chi connectivity index (χ1v) is 14.4. The van der Waals surface area contributed by atoms with Gasteiger partial charge in [-0.25, -0.2) is 9.78 Å². The third-order valence-electron chi connectivity index (χ3n) is 10.2. The Hall–Kier alpha value is -2.59. The highest BCUT2D eigenvalue weighted by atomic mass is 16.7. The molecule has 4 fully saturated rings. The normalized spacial score (nSPS) is 31.2. The number of likely N-dealkylation sites (tertiary alicyclic amines) is 1. The van der Waals surface area contributed by atoms with E-state index in [1.807, 2.05) is 26.0 Å². The monoisotopic (exact) mass is 536 g/mol. The molecule has 10 heteroatoms. The molecule has 2 N–H and O–H groups in total. The van der Waals surface area contributed by atoms with Crippen LogP contribution in [0.25, 0.3) is 11.0 Å². The molecule has 5 atom stereocenters. The van der Waals surface area contributed by atoms with Gasteiger partial charge < -0.3 is 29.2 Å². The number of benzene rings is 1. The van der Waals surface area contributed by atoms with Crippen LogP contribution in [0, 0.1) is 17.8 Å². The first-order chi connectivity index (χ1) is 18.4. The standard InChI is InChI=1S/C29H41BN4O5/c1-16(2)23(33-26(36)37-7)25(35)34-22(13-17-9-8-10-18-15-29(17,18)34)24-31-20-12-11-19(14-21(20)32-24)30-38-27(3,4)28(5,6)39-30/h11-12,14,16-18,22-23H,8-10,13,15H2,1-7H3,(H,31,32)(H,33,36)/t17-,18+,22-,23-,29?/m0/s1. The lowest BCUT2D eigenvalue weighted by molar-refractivity contribution is -0.139. The minimum atomic E-state index is -0.657. The summed E-state index contributed by atoms with van der Waals surface area (Å²) in [5, 5.41) is 2.81. The fourth-order valence-corrected chi connectivity index (χ4v) is 7.30. The van der Waals surface area contributed by atoms with Crippen LogP contribution in [-0.4, -0.2) is 63.9 Å². The molecule has 0 bridgehead atoms. The van der Waals surface area contributed by atoms with Crippen LogP contribution < -0.4 is 10.8 Å². The zero-order valence-electron chi connectivity index (χ0n) is 24.2. The number of methoxy groups -OCH3 is 1. The Bertz CT molecular complexity index is 1290. The number of H-pyrrole nitrogens is 1. The summed E-state index contributed by atoms with van der Waals surface area (Å²) in [6.07, 6.45) is 4.82. The number of nitrogens with zero attached hydrogens (tertiary/aromatic N) is 2. The van der Waals surface area contributed by atoms with E-state index < -0.39 is 30.5 Å². The van der Waals surface area contributed by atoms with Crippen LogP contribution >= 0.6 is 0 Å². The van der Waals surface area contributed by atoms with Crippen LogP contribution in [0.15, 0.2) is 18.2 Å². The molecule has 1 spiro atoms. The zero-order valence-corrected chi connectivity index (χ0v) is 24.2. The maximum absolute atomic E-state index is 14.3. The molecule has 2 amide bonds. The summed E-state index contributed by atoms with van der Waals surface area (Å²) in [4.78, 5) is 37.1. The Kier molecular flexibility index (Phi) is 6.12. The fraction of sp³-hybridized carbons (Fsp3) is 0.690. The molecule has 39 heavy (non-hydrogen) atoms. The van der Waals surface area contributed by atoms with Crippen molar-refractivity contribution in [2.24, 2.45) is 17.8 Å².